The average molecular weight is 306 g/mol. The van der Waals surface area contributed by atoms with E-state index >= 15 is 0 Å². The van der Waals surface area contributed by atoms with Crippen LogP contribution in [0.25, 0.3) is 0 Å². The van der Waals surface area contributed by atoms with Gasteiger partial charge in [0, 0.05) is 21.6 Å². The second-order valence-corrected chi connectivity index (χ2v) is 7.25. The molecule has 1 aromatic carbocycles. The van der Waals surface area contributed by atoms with Crippen LogP contribution in [0.4, 0.5) is 0 Å². The summed E-state index contributed by atoms with van der Waals surface area (Å²) in [6.45, 7) is 7.66. The lowest BCUT2D eigenvalue weighted by Gasteiger charge is -2.17. The van der Waals surface area contributed by atoms with Crippen molar-refractivity contribution in [1.29, 1.82) is 0 Å². The Morgan fingerprint density at radius 3 is 2.70 bits per heavy atom. The summed E-state index contributed by atoms with van der Waals surface area (Å²) >= 11 is 3.79. The van der Waals surface area contributed by atoms with E-state index in [0.29, 0.717) is 6.04 Å². The first kappa shape index (κ1) is 15.6. The third kappa shape index (κ3) is 4.37. The van der Waals surface area contributed by atoms with E-state index in [2.05, 4.69) is 61.8 Å². The van der Waals surface area contributed by atoms with Gasteiger partial charge in [-0.3, -0.25) is 0 Å². The van der Waals surface area contributed by atoms with Crippen LogP contribution in [0.15, 0.2) is 40.6 Å². The Balaban J connectivity index is 2.03. The van der Waals surface area contributed by atoms with Crippen LogP contribution in [0.2, 0.25) is 0 Å². The molecule has 3 heteroatoms. The van der Waals surface area contributed by atoms with Crippen LogP contribution in [-0.2, 0) is 0 Å². The first-order chi connectivity index (χ1) is 9.70. The molecule has 2 rings (SSSR count). The zero-order valence-electron chi connectivity index (χ0n) is 12.5. The second-order valence-electron chi connectivity index (χ2n) is 5.07. The molecule has 1 nitrogen and oxygen atoms in total. The fraction of sp³-hybridized carbons (Fsp3) is 0.412. The number of thioether (sulfide) groups is 1. The van der Waals surface area contributed by atoms with Crippen LogP contribution >= 0.6 is 23.1 Å². The van der Waals surface area contributed by atoms with Crippen LogP contribution in [-0.4, -0.2) is 12.3 Å². The maximum Gasteiger partial charge on any atom is 0.0423 e. The Bertz CT molecular complexity index is 533. The van der Waals surface area contributed by atoms with E-state index < -0.39 is 0 Å². The Morgan fingerprint density at radius 1 is 1.25 bits per heavy atom. The van der Waals surface area contributed by atoms with Gasteiger partial charge in [0.25, 0.3) is 0 Å². The molecular weight excluding hydrogens is 282 g/mol. The van der Waals surface area contributed by atoms with E-state index in [1.54, 1.807) is 0 Å². The number of hydrogen-bond acceptors (Lipinski definition) is 3. The van der Waals surface area contributed by atoms with Gasteiger partial charge in [-0.1, -0.05) is 25.1 Å². The topological polar surface area (TPSA) is 12.0 Å². The molecule has 0 saturated carbocycles. The van der Waals surface area contributed by atoms with Gasteiger partial charge in [-0.05, 0) is 55.5 Å². The van der Waals surface area contributed by atoms with Gasteiger partial charge in [0.15, 0.2) is 0 Å². The van der Waals surface area contributed by atoms with Gasteiger partial charge in [0.1, 0.15) is 0 Å². The molecule has 0 aliphatic rings. The van der Waals surface area contributed by atoms with E-state index in [1.807, 2.05) is 23.1 Å². The highest BCUT2D eigenvalue weighted by Gasteiger charge is 2.13. The van der Waals surface area contributed by atoms with E-state index in [-0.39, 0.29) is 0 Å². The summed E-state index contributed by atoms with van der Waals surface area (Å²) in [6, 6.07) is 11.4. The molecule has 108 valence electrons. The van der Waals surface area contributed by atoms with Gasteiger partial charge >= 0.3 is 0 Å². The summed E-state index contributed by atoms with van der Waals surface area (Å²) < 4.78 is 0. The summed E-state index contributed by atoms with van der Waals surface area (Å²) in [5, 5.41) is 5.97. The second kappa shape index (κ2) is 7.87. The van der Waals surface area contributed by atoms with Crippen molar-refractivity contribution in [2.75, 3.05) is 12.3 Å². The molecule has 0 bridgehead atoms. The molecule has 1 N–H and O–H groups in total. The molecule has 0 radical (unpaired) electrons. The molecule has 1 unspecified atom stereocenters. The van der Waals surface area contributed by atoms with E-state index in [0.717, 1.165) is 12.3 Å². The fourth-order valence-electron chi connectivity index (χ4n) is 2.13. The van der Waals surface area contributed by atoms with Crippen molar-refractivity contribution in [2.45, 2.75) is 38.1 Å². The molecule has 0 spiro atoms. The summed E-state index contributed by atoms with van der Waals surface area (Å²) in [7, 11) is 0. The highest BCUT2D eigenvalue weighted by molar-refractivity contribution is 7.99. The van der Waals surface area contributed by atoms with Crippen LogP contribution < -0.4 is 5.32 Å². The summed E-state index contributed by atoms with van der Waals surface area (Å²) in [4.78, 5) is 2.78. The van der Waals surface area contributed by atoms with Crippen molar-refractivity contribution < 1.29 is 0 Å². The van der Waals surface area contributed by atoms with Crippen LogP contribution in [0.1, 0.15) is 35.4 Å². The third-order valence-electron chi connectivity index (χ3n) is 3.29. The lowest BCUT2D eigenvalue weighted by Crippen LogP contribution is -2.23. The normalized spacial score (nSPS) is 12.6. The van der Waals surface area contributed by atoms with Gasteiger partial charge < -0.3 is 5.32 Å². The van der Waals surface area contributed by atoms with Gasteiger partial charge in [-0.2, -0.15) is 0 Å². The predicted molar refractivity (Wildman–Crippen MR) is 92.0 cm³/mol. The maximum absolute atomic E-state index is 3.67. The summed E-state index contributed by atoms with van der Waals surface area (Å²) in [6.07, 6.45) is 1.18. The number of nitrogens with one attached hydrogen (secondary N) is 1. The van der Waals surface area contributed by atoms with Crippen molar-refractivity contribution in [3.8, 4) is 0 Å². The van der Waals surface area contributed by atoms with Crippen LogP contribution in [0, 0.1) is 13.8 Å². The lowest BCUT2D eigenvalue weighted by molar-refractivity contribution is 0.578. The SMILES string of the molecule is CCCNC(CSc1ccccc1C)c1csc(C)c1. The third-order valence-corrected chi connectivity index (χ3v) is 5.44. The molecule has 0 saturated heterocycles. The molecular formula is C17H23NS2. The number of aryl methyl sites for hydroxylation is 2. The molecule has 1 heterocycles. The fourth-order valence-corrected chi connectivity index (χ4v) is 4.01. The van der Waals surface area contributed by atoms with Crippen molar-refractivity contribution in [3.05, 3.63) is 51.7 Å². The maximum atomic E-state index is 3.67. The largest absolute Gasteiger partial charge is 0.309 e. The highest BCUT2D eigenvalue weighted by atomic mass is 32.2. The van der Waals surface area contributed by atoms with Crippen molar-refractivity contribution in [1.82, 2.24) is 5.32 Å². The predicted octanol–water partition coefficient (Wildman–Crippen LogP) is 5.20. The zero-order valence-corrected chi connectivity index (χ0v) is 14.1. The molecule has 1 atom stereocenters. The number of benzene rings is 1. The Hall–Kier alpha value is -0.770. The summed E-state index contributed by atoms with van der Waals surface area (Å²) in [5.41, 5.74) is 2.80. The minimum atomic E-state index is 0.449. The minimum Gasteiger partial charge on any atom is -0.309 e. The van der Waals surface area contributed by atoms with Gasteiger partial charge in [0.05, 0.1) is 0 Å². The smallest absolute Gasteiger partial charge is 0.0423 e. The van der Waals surface area contributed by atoms with Gasteiger partial charge in [-0.25, -0.2) is 0 Å². The first-order valence-electron chi connectivity index (χ1n) is 7.17. The number of hydrogen-bond donors (Lipinski definition) is 1. The average Bonchev–Trinajstić information content (AvgIpc) is 2.87. The number of rotatable bonds is 7. The van der Waals surface area contributed by atoms with E-state index in [9.17, 15) is 0 Å². The zero-order chi connectivity index (χ0) is 14.4. The molecule has 2 aromatic rings. The molecule has 0 amide bonds. The molecule has 0 aliphatic heterocycles. The van der Waals surface area contributed by atoms with Crippen LogP contribution in [0.5, 0.6) is 0 Å². The Labute approximate surface area is 130 Å². The minimum absolute atomic E-state index is 0.449. The summed E-state index contributed by atoms with van der Waals surface area (Å²) in [5.74, 6) is 1.08. The Kier molecular flexibility index (Phi) is 6.14. The molecule has 1 aromatic heterocycles. The number of thiophene rings is 1. The Morgan fingerprint density at radius 2 is 2.05 bits per heavy atom. The van der Waals surface area contributed by atoms with E-state index in [4.69, 9.17) is 0 Å². The van der Waals surface area contributed by atoms with Crippen LogP contribution in [0.3, 0.4) is 0 Å². The first-order valence-corrected chi connectivity index (χ1v) is 9.04. The van der Waals surface area contributed by atoms with Gasteiger partial charge in [-0.15, -0.1) is 23.1 Å². The standard InChI is InChI=1S/C17H23NS2/c1-4-9-18-16(15-10-14(3)19-11-15)12-20-17-8-6-5-7-13(17)2/h5-8,10-11,16,18H,4,9,12H2,1-3H3. The molecule has 0 aliphatic carbocycles. The van der Waals surface area contributed by atoms with Crippen molar-refractivity contribution in [3.63, 3.8) is 0 Å². The highest BCUT2D eigenvalue weighted by Crippen LogP contribution is 2.29. The lowest BCUT2D eigenvalue weighted by atomic mass is 10.1. The van der Waals surface area contributed by atoms with E-state index in [1.165, 1.54) is 27.3 Å². The molecule has 20 heavy (non-hydrogen) atoms. The van der Waals surface area contributed by atoms with Gasteiger partial charge in [0.2, 0.25) is 0 Å². The van der Waals surface area contributed by atoms with Crippen molar-refractivity contribution in [2.24, 2.45) is 0 Å². The quantitative estimate of drug-likeness (QED) is 0.706. The van der Waals surface area contributed by atoms with Crippen molar-refractivity contribution >= 4 is 23.1 Å². The molecule has 0 fully saturated rings. The monoisotopic (exact) mass is 305 g/mol.